The number of hydrogen-bond donors (Lipinski definition) is 1. The summed E-state index contributed by atoms with van der Waals surface area (Å²) in [7, 11) is 0. The zero-order chi connectivity index (χ0) is 13.6. The second-order valence-electron chi connectivity index (χ2n) is 5.78. The third-order valence-corrected chi connectivity index (χ3v) is 3.63. The van der Waals surface area contributed by atoms with Gasteiger partial charge in [-0.3, -0.25) is 4.79 Å². The summed E-state index contributed by atoms with van der Waals surface area (Å²) in [4.78, 5) is 10.8. The fraction of sp³-hybridized carbons (Fsp3) is 0.857. The fourth-order valence-electron chi connectivity index (χ4n) is 2.30. The molecule has 102 valence electrons. The van der Waals surface area contributed by atoms with Crippen molar-refractivity contribution in [3.05, 3.63) is 0 Å². The number of carboxylic acid groups (broad SMARTS) is 1. The van der Waals surface area contributed by atoms with Crippen molar-refractivity contribution in [1.29, 1.82) is 5.26 Å². The lowest BCUT2D eigenvalue weighted by Crippen LogP contribution is -2.26. The molecule has 0 aromatic heterocycles. The predicted octanol–water partition coefficient (Wildman–Crippen LogP) is 2.98. The van der Waals surface area contributed by atoms with Crippen molar-refractivity contribution in [2.75, 3.05) is 6.61 Å². The van der Waals surface area contributed by atoms with E-state index in [2.05, 4.69) is 6.07 Å². The SMILES string of the molecule is CC(C)(C#N)CCCOC1CCC(C(=O)O)CC1. The van der Waals surface area contributed by atoms with Gasteiger partial charge in [-0.05, 0) is 52.4 Å². The van der Waals surface area contributed by atoms with Crippen LogP contribution < -0.4 is 0 Å². The average Bonchev–Trinajstić information content (AvgIpc) is 2.35. The number of rotatable bonds is 6. The minimum absolute atomic E-state index is 0.178. The first kappa shape index (κ1) is 15.0. The molecule has 0 bridgehead atoms. The van der Waals surface area contributed by atoms with Crippen molar-refractivity contribution in [2.24, 2.45) is 11.3 Å². The Bertz CT molecular complexity index is 311. The van der Waals surface area contributed by atoms with Gasteiger partial charge in [0.25, 0.3) is 0 Å². The van der Waals surface area contributed by atoms with Crippen LogP contribution in [0.25, 0.3) is 0 Å². The van der Waals surface area contributed by atoms with Gasteiger partial charge in [-0.2, -0.15) is 5.26 Å². The molecule has 0 amide bonds. The molecule has 1 fully saturated rings. The Morgan fingerprint density at radius 1 is 1.39 bits per heavy atom. The van der Waals surface area contributed by atoms with Crippen LogP contribution in [0.4, 0.5) is 0 Å². The van der Waals surface area contributed by atoms with Gasteiger partial charge in [0.05, 0.1) is 23.5 Å². The molecule has 4 nitrogen and oxygen atoms in total. The molecule has 0 aliphatic heterocycles. The maximum absolute atomic E-state index is 10.8. The van der Waals surface area contributed by atoms with E-state index in [-0.39, 0.29) is 17.4 Å². The molecule has 0 aromatic rings. The van der Waals surface area contributed by atoms with E-state index in [1.54, 1.807) is 0 Å². The molecule has 1 aliphatic rings. The molecule has 1 N–H and O–H groups in total. The van der Waals surface area contributed by atoms with Gasteiger partial charge >= 0.3 is 5.97 Å². The molecule has 0 atom stereocenters. The van der Waals surface area contributed by atoms with E-state index in [4.69, 9.17) is 15.1 Å². The van der Waals surface area contributed by atoms with Crippen molar-refractivity contribution in [3.8, 4) is 6.07 Å². The minimum atomic E-state index is -0.677. The van der Waals surface area contributed by atoms with Crippen LogP contribution in [-0.2, 0) is 9.53 Å². The molecule has 0 aromatic carbocycles. The highest BCUT2D eigenvalue weighted by atomic mass is 16.5. The third-order valence-electron chi connectivity index (χ3n) is 3.63. The Balaban J connectivity index is 2.12. The van der Waals surface area contributed by atoms with Crippen LogP contribution in [0.5, 0.6) is 0 Å². The van der Waals surface area contributed by atoms with Gasteiger partial charge in [0.15, 0.2) is 0 Å². The number of carboxylic acids is 1. The summed E-state index contributed by atoms with van der Waals surface area (Å²) in [6, 6.07) is 2.28. The van der Waals surface area contributed by atoms with Crippen molar-refractivity contribution in [3.63, 3.8) is 0 Å². The Hall–Kier alpha value is -1.08. The average molecular weight is 253 g/mol. The van der Waals surface area contributed by atoms with Crippen molar-refractivity contribution < 1.29 is 14.6 Å². The first-order valence-corrected chi connectivity index (χ1v) is 6.70. The summed E-state index contributed by atoms with van der Waals surface area (Å²) in [6.07, 6.45) is 5.09. The molecule has 4 heteroatoms. The van der Waals surface area contributed by atoms with Crippen molar-refractivity contribution >= 4 is 5.97 Å². The summed E-state index contributed by atoms with van der Waals surface area (Å²) in [5, 5.41) is 17.8. The van der Waals surface area contributed by atoms with E-state index in [1.165, 1.54) is 0 Å². The normalized spacial score (nSPS) is 24.5. The standard InChI is InChI=1S/C14H23NO3/c1-14(2,10-15)8-3-9-18-12-6-4-11(5-7-12)13(16)17/h11-12H,3-9H2,1-2H3,(H,16,17). The van der Waals surface area contributed by atoms with Crippen LogP contribution in [0.1, 0.15) is 52.4 Å². The van der Waals surface area contributed by atoms with E-state index in [1.807, 2.05) is 13.8 Å². The molecule has 1 rings (SSSR count). The maximum Gasteiger partial charge on any atom is 0.306 e. The van der Waals surface area contributed by atoms with Crippen LogP contribution in [0, 0.1) is 22.7 Å². The molecular weight excluding hydrogens is 230 g/mol. The van der Waals surface area contributed by atoms with Gasteiger partial charge in [-0.25, -0.2) is 0 Å². The zero-order valence-corrected chi connectivity index (χ0v) is 11.3. The van der Waals surface area contributed by atoms with Crippen molar-refractivity contribution in [1.82, 2.24) is 0 Å². The van der Waals surface area contributed by atoms with Crippen LogP contribution in [0.2, 0.25) is 0 Å². The predicted molar refractivity (Wildman–Crippen MR) is 68.0 cm³/mol. The monoisotopic (exact) mass is 253 g/mol. The quantitative estimate of drug-likeness (QED) is 0.739. The summed E-state index contributed by atoms with van der Waals surface area (Å²) in [5.41, 5.74) is -0.273. The lowest BCUT2D eigenvalue weighted by Gasteiger charge is -2.26. The highest BCUT2D eigenvalue weighted by Gasteiger charge is 2.26. The van der Waals surface area contributed by atoms with Crippen LogP contribution in [-0.4, -0.2) is 23.8 Å². The smallest absolute Gasteiger partial charge is 0.306 e. The van der Waals surface area contributed by atoms with E-state index in [0.29, 0.717) is 6.61 Å². The Kier molecular flexibility index (Phi) is 5.61. The molecule has 1 aliphatic carbocycles. The fourth-order valence-corrected chi connectivity index (χ4v) is 2.30. The van der Waals surface area contributed by atoms with Gasteiger partial charge in [0.2, 0.25) is 0 Å². The first-order chi connectivity index (χ1) is 8.44. The molecule has 0 radical (unpaired) electrons. The lowest BCUT2D eigenvalue weighted by atomic mass is 9.87. The second-order valence-corrected chi connectivity index (χ2v) is 5.78. The molecule has 0 heterocycles. The Labute approximate surface area is 109 Å². The lowest BCUT2D eigenvalue weighted by molar-refractivity contribution is -0.143. The molecule has 1 saturated carbocycles. The van der Waals surface area contributed by atoms with Crippen LogP contribution >= 0.6 is 0 Å². The molecule has 0 spiro atoms. The summed E-state index contributed by atoms with van der Waals surface area (Å²) in [5.74, 6) is -0.855. The van der Waals surface area contributed by atoms with E-state index >= 15 is 0 Å². The number of aliphatic carboxylic acids is 1. The first-order valence-electron chi connectivity index (χ1n) is 6.70. The van der Waals surface area contributed by atoms with E-state index in [9.17, 15) is 4.79 Å². The third kappa shape index (κ3) is 5.05. The van der Waals surface area contributed by atoms with Gasteiger partial charge in [-0.1, -0.05) is 0 Å². The summed E-state index contributed by atoms with van der Waals surface area (Å²) in [6.45, 7) is 4.55. The van der Waals surface area contributed by atoms with Crippen LogP contribution in [0.15, 0.2) is 0 Å². The second kappa shape index (κ2) is 6.75. The number of ether oxygens (including phenoxy) is 1. The van der Waals surface area contributed by atoms with Crippen LogP contribution in [0.3, 0.4) is 0 Å². The maximum atomic E-state index is 10.8. The van der Waals surface area contributed by atoms with Gasteiger partial charge in [0, 0.05) is 6.61 Å². The highest BCUT2D eigenvalue weighted by molar-refractivity contribution is 5.70. The molecule has 0 unspecified atom stereocenters. The Morgan fingerprint density at radius 2 is 2.00 bits per heavy atom. The molecule has 18 heavy (non-hydrogen) atoms. The topological polar surface area (TPSA) is 70.3 Å². The summed E-state index contributed by atoms with van der Waals surface area (Å²) >= 11 is 0. The van der Waals surface area contributed by atoms with Gasteiger partial charge in [-0.15, -0.1) is 0 Å². The number of carbonyl (C=O) groups is 1. The zero-order valence-electron chi connectivity index (χ0n) is 11.3. The minimum Gasteiger partial charge on any atom is -0.481 e. The summed E-state index contributed by atoms with van der Waals surface area (Å²) < 4.78 is 5.75. The molecule has 0 saturated heterocycles. The van der Waals surface area contributed by atoms with E-state index < -0.39 is 5.97 Å². The van der Waals surface area contributed by atoms with Crippen molar-refractivity contribution in [2.45, 2.75) is 58.5 Å². The molecular formula is C14H23NO3. The van der Waals surface area contributed by atoms with Gasteiger partial charge in [0.1, 0.15) is 0 Å². The number of hydrogen-bond acceptors (Lipinski definition) is 3. The Morgan fingerprint density at radius 3 is 2.50 bits per heavy atom. The number of nitrogens with zero attached hydrogens (tertiary/aromatic N) is 1. The number of nitriles is 1. The van der Waals surface area contributed by atoms with E-state index in [0.717, 1.165) is 38.5 Å². The largest absolute Gasteiger partial charge is 0.481 e. The van der Waals surface area contributed by atoms with Gasteiger partial charge < -0.3 is 9.84 Å². The highest BCUT2D eigenvalue weighted by Crippen LogP contribution is 2.27.